The van der Waals surface area contributed by atoms with Gasteiger partial charge >= 0.3 is 5.97 Å². The van der Waals surface area contributed by atoms with E-state index in [4.69, 9.17) is 10.8 Å². The van der Waals surface area contributed by atoms with E-state index in [1.54, 1.807) is 11.3 Å². The number of nitrogens with two attached hydrogens (primary N) is 1. The number of nitrogen functional groups attached to an aromatic ring is 1. The van der Waals surface area contributed by atoms with Crippen LogP contribution in [-0.2, 0) is 0 Å². The first-order valence-electron chi connectivity index (χ1n) is 6.03. The minimum absolute atomic E-state index is 0.0360. The first-order valence-corrected chi connectivity index (χ1v) is 6.85. The maximum Gasteiger partial charge on any atom is 0.338 e. The average molecular weight is 294 g/mol. The van der Waals surface area contributed by atoms with Crippen molar-refractivity contribution in [3.05, 3.63) is 45.4 Å². The summed E-state index contributed by atoms with van der Waals surface area (Å²) < 4.78 is 13.7. The summed E-state index contributed by atoms with van der Waals surface area (Å²) in [5, 5.41) is 11.9. The fraction of sp³-hybridized carbons (Fsp3) is 0.214. The molecule has 0 fully saturated rings. The number of hydrogen-bond donors (Lipinski definition) is 3. The molecule has 4 nitrogen and oxygen atoms in total. The van der Waals surface area contributed by atoms with E-state index in [2.05, 4.69) is 5.32 Å². The van der Waals surface area contributed by atoms with Gasteiger partial charge in [0.1, 0.15) is 5.82 Å². The highest BCUT2D eigenvalue weighted by molar-refractivity contribution is 7.12. The van der Waals surface area contributed by atoms with Crippen LogP contribution in [-0.4, -0.2) is 11.1 Å². The molecule has 0 amide bonds. The highest BCUT2D eigenvalue weighted by Crippen LogP contribution is 2.29. The lowest BCUT2D eigenvalue weighted by Gasteiger charge is -2.16. The minimum atomic E-state index is -1.33. The molecule has 4 N–H and O–H groups in total. The van der Waals surface area contributed by atoms with Crippen LogP contribution >= 0.6 is 11.3 Å². The number of aromatic carboxylic acids is 1. The van der Waals surface area contributed by atoms with Gasteiger partial charge in [-0.1, -0.05) is 0 Å². The zero-order valence-corrected chi connectivity index (χ0v) is 11.9. The molecule has 20 heavy (non-hydrogen) atoms. The van der Waals surface area contributed by atoms with Crippen molar-refractivity contribution in [2.24, 2.45) is 0 Å². The number of hydrogen-bond acceptors (Lipinski definition) is 4. The molecule has 0 radical (unpaired) electrons. The van der Waals surface area contributed by atoms with E-state index < -0.39 is 17.3 Å². The highest BCUT2D eigenvalue weighted by Gasteiger charge is 2.15. The molecule has 0 aliphatic carbocycles. The van der Waals surface area contributed by atoms with E-state index in [0.717, 1.165) is 17.0 Å². The smallest absolute Gasteiger partial charge is 0.338 e. The molecule has 0 saturated carbocycles. The Morgan fingerprint density at radius 1 is 1.45 bits per heavy atom. The Hall–Kier alpha value is -2.08. The monoisotopic (exact) mass is 294 g/mol. The van der Waals surface area contributed by atoms with Crippen LogP contribution in [0.3, 0.4) is 0 Å². The molecule has 0 aliphatic rings. The topological polar surface area (TPSA) is 75.3 Å². The molecule has 0 bridgehead atoms. The number of carbonyl (C=O) groups is 1. The van der Waals surface area contributed by atoms with Crippen molar-refractivity contribution in [1.29, 1.82) is 0 Å². The van der Waals surface area contributed by atoms with Gasteiger partial charge in [0.2, 0.25) is 0 Å². The van der Waals surface area contributed by atoms with E-state index in [0.29, 0.717) is 5.69 Å². The Morgan fingerprint density at radius 2 is 2.15 bits per heavy atom. The Morgan fingerprint density at radius 3 is 2.70 bits per heavy atom. The molecule has 1 heterocycles. The predicted molar refractivity (Wildman–Crippen MR) is 78.9 cm³/mol. The number of aryl methyl sites for hydroxylation is 1. The third kappa shape index (κ3) is 2.91. The molecule has 1 aromatic carbocycles. The van der Waals surface area contributed by atoms with Crippen LogP contribution in [0.2, 0.25) is 0 Å². The van der Waals surface area contributed by atoms with Crippen LogP contribution in [0, 0.1) is 12.7 Å². The largest absolute Gasteiger partial charge is 0.478 e. The summed E-state index contributed by atoms with van der Waals surface area (Å²) in [6, 6.07) is 6.22. The van der Waals surface area contributed by atoms with Gasteiger partial charge in [0.15, 0.2) is 0 Å². The van der Waals surface area contributed by atoms with Crippen molar-refractivity contribution in [3.63, 3.8) is 0 Å². The first-order chi connectivity index (χ1) is 9.38. The number of halogens is 1. The van der Waals surface area contributed by atoms with Gasteiger partial charge in [-0.25, -0.2) is 9.18 Å². The number of nitrogens with one attached hydrogen (secondary N) is 1. The molecule has 106 valence electrons. The molecule has 6 heteroatoms. The highest BCUT2D eigenvalue weighted by atomic mass is 32.1. The molecular weight excluding hydrogens is 279 g/mol. The van der Waals surface area contributed by atoms with Crippen LogP contribution < -0.4 is 11.1 Å². The van der Waals surface area contributed by atoms with Crippen molar-refractivity contribution in [2.45, 2.75) is 19.9 Å². The SMILES string of the molecule is Cc1ccc(C(C)Nc2cc(F)c(C(=O)O)cc2N)s1. The van der Waals surface area contributed by atoms with Crippen LogP contribution in [0.1, 0.15) is 33.1 Å². The summed E-state index contributed by atoms with van der Waals surface area (Å²) in [7, 11) is 0. The third-order valence-electron chi connectivity index (χ3n) is 2.93. The summed E-state index contributed by atoms with van der Waals surface area (Å²) in [5.41, 5.74) is 5.95. The molecule has 1 atom stereocenters. The number of carboxylic acid groups (broad SMARTS) is 1. The molecular formula is C14H15FN2O2S. The van der Waals surface area contributed by atoms with Gasteiger partial charge in [0.25, 0.3) is 0 Å². The lowest BCUT2D eigenvalue weighted by atomic mass is 10.1. The van der Waals surface area contributed by atoms with Gasteiger partial charge in [0.05, 0.1) is 23.0 Å². The van der Waals surface area contributed by atoms with Crippen LogP contribution in [0.25, 0.3) is 0 Å². The summed E-state index contributed by atoms with van der Waals surface area (Å²) >= 11 is 1.64. The zero-order chi connectivity index (χ0) is 14.9. The Labute approximate surface area is 120 Å². The van der Waals surface area contributed by atoms with Crippen molar-refractivity contribution in [2.75, 3.05) is 11.1 Å². The molecule has 1 aromatic heterocycles. The lowest BCUT2D eigenvalue weighted by Crippen LogP contribution is -2.09. The molecule has 2 rings (SSSR count). The van der Waals surface area contributed by atoms with Gasteiger partial charge in [-0.05, 0) is 38.1 Å². The van der Waals surface area contributed by atoms with Crippen LogP contribution in [0.4, 0.5) is 15.8 Å². The molecule has 0 spiro atoms. The Kier molecular flexibility index (Phi) is 3.94. The Balaban J connectivity index is 2.25. The Bertz CT molecular complexity index is 655. The van der Waals surface area contributed by atoms with Crippen molar-refractivity contribution in [1.82, 2.24) is 0 Å². The van der Waals surface area contributed by atoms with E-state index in [1.165, 1.54) is 4.88 Å². The van der Waals surface area contributed by atoms with Crippen molar-refractivity contribution in [3.8, 4) is 0 Å². The minimum Gasteiger partial charge on any atom is -0.478 e. The van der Waals surface area contributed by atoms with Gasteiger partial charge in [-0.3, -0.25) is 0 Å². The number of rotatable bonds is 4. The van der Waals surface area contributed by atoms with E-state index in [1.807, 2.05) is 26.0 Å². The van der Waals surface area contributed by atoms with Crippen LogP contribution in [0.15, 0.2) is 24.3 Å². The van der Waals surface area contributed by atoms with Crippen molar-refractivity contribution >= 4 is 28.7 Å². The summed E-state index contributed by atoms with van der Waals surface area (Å²) in [4.78, 5) is 13.1. The second-order valence-corrected chi connectivity index (χ2v) is 5.86. The van der Waals surface area contributed by atoms with Gasteiger partial charge in [-0.15, -0.1) is 11.3 Å². The fourth-order valence-corrected chi connectivity index (χ4v) is 2.75. The van der Waals surface area contributed by atoms with Gasteiger partial charge < -0.3 is 16.2 Å². The first kappa shape index (κ1) is 14.3. The maximum atomic E-state index is 13.7. The molecule has 0 aliphatic heterocycles. The molecule has 1 unspecified atom stereocenters. The molecule has 2 aromatic rings. The standard InChI is InChI=1S/C14H15FN2O2S/c1-7-3-4-13(20-7)8(2)17-12-6-10(15)9(14(18)19)5-11(12)16/h3-6,8,17H,16H2,1-2H3,(H,18,19). The van der Waals surface area contributed by atoms with Gasteiger partial charge in [-0.2, -0.15) is 0 Å². The third-order valence-corrected chi connectivity index (χ3v) is 4.11. The molecule has 0 saturated heterocycles. The second kappa shape index (κ2) is 5.50. The average Bonchev–Trinajstić information content (AvgIpc) is 2.79. The lowest BCUT2D eigenvalue weighted by molar-refractivity contribution is 0.0692. The normalized spacial score (nSPS) is 12.2. The number of carboxylic acids is 1. The van der Waals surface area contributed by atoms with Crippen molar-refractivity contribution < 1.29 is 14.3 Å². The number of benzene rings is 1. The van der Waals surface area contributed by atoms with E-state index >= 15 is 0 Å². The number of anilines is 2. The quantitative estimate of drug-likeness (QED) is 0.752. The van der Waals surface area contributed by atoms with Gasteiger partial charge in [0, 0.05) is 9.75 Å². The summed E-state index contributed by atoms with van der Waals surface area (Å²) in [5.74, 6) is -2.13. The fourth-order valence-electron chi connectivity index (χ4n) is 1.87. The second-order valence-electron chi connectivity index (χ2n) is 4.54. The van der Waals surface area contributed by atoms with Crippen LogP contribution in [0.5, 0.6) is 0 Å². The summed E-state index contributed by atoms with van der Waals surface area (Å²) in [6.07, 6.45) is 0. The summed E-state index contributed by atoms with van der Waals surface area (Å²) in [6.45, 7) is 3.95. The maximum absolute atomic E-state index is 13.7. The van der Waals surface area contributed by atoms with E-state index in [-0.39, 0.29) is 11.7 Å². The van der Waals surface area contributed by atoms with E-state index in [9.17, 15) is 9.18 Å². The number of thiophene rings is 1. The predicted octanol–water partition coefficient (Wildman–Crippen LogP) is 3.65. The zero-order valence-electron chi connectivity index (χ0n) is 11.1.